The van der Waals surface area contributed by atoms with E-state index in [1.54, 1.807) is 18.2 Å². The Morgan fingerprint density at radius 3 is 2.12 bits per heavy atom. The summed E-state index contributed by atoms with van der Waals surface area (Å²) in [6.07, 6.45) is 0. The van der Waals surface area contributed by atoms with Crippen molar-refractivity contribution < 1.29 is 4.92 Å². The minimum absolute atomic E-state index is 0.305. The van der Waals surface area contributed by atoms with Crippen LogP contribution >= 0.6 is 0 Å². The number of hydrogen-bond acceptors (Lipinski definition) is 6. The Labute approximate surface area is 97.5 Å². The van der Waals surface area contributed by atoms with Gasteiger partial charge in [-0.05, 0) is 0 Å². The van der Waals surface area contributed by atoms with Crippen LogP contribution in [-0.2, 0) is 0 Å². The fourth-order valence-corrected chi connectivity index (χ4v) is 2.07. The van der Waals surface area contributed by atoms with Crippen LogP contribution in [0.2, 0.25) is 0 Å². The molecule has 0 heterocycles. The zero-order valence-corrected chi connectivity index (χ0v) is 9.26. The van der Waals surface area contributed by atoms with E-state index in [9.17, 15) is 10.1 Å². The normalized spacial score (nSPS) is 30.2. The van der Waals surface area contributed by atoms with Gasteiger partial charge in [-0.2, -0.15) is 15.8 Å². The van der Waals surface area contributed by atoms with Crippen LogP contribution in [0, 0.1) is 55.4 Å². The smallest absolute Gasteiger partial charge is 0.264 e. The predicted octanol–water partition coefficient (Wildman–Crippen LogP) is 0.441. The Morgan fingerprint density at radius 1 is 1.41 bits per heavy atom. The van der Waals surface area contributed by atoms with E-state index in [0.29, 0.717) is 0 Å². The summed E-state index contributed by atoms with van der Waals surface area (Å²) in [5, 5.41) is 38.2. The maximum absolute atomic E-state index is 11.1. The molecule has 0 radical (unpaired) electrons. The van der Waals surface area contributed by atoms with Crippen molar-refractivity contribution in [2.75, 3.05) is 0 Å². The highest BCUT2D eigenvalue weighted by molar-refractivity contribution is 5.53. The standard InChI is InChI=1S/C10H9N5O2/c1-6-9(2,15(16)17)8(14)7(3-11)10(6,4-12)5-13/h6H,14H2,1-2H3/t6-,9+/m0/s1. The van der Waals surface area contributed by atoms with Crippen LogP contribution in [0.15, 0.2) is 11.3 Å². The van der Waals surface area contributed by atoms with Gasteiger partial charge in [0.1, 0.15) is 5.70 Å². The highest BCUT2D eigenvalue weighted by Gasteiger charge is 2.66. The van der Waals surface area contributed by atoms with Crippen LogP contribution in [0.1, 0.15) is 13.8 Å². The highest BCUT2D eigenvalue weighted by atomic mass is 16.6. The van der Waals surface area contributed by atoms with E-state index in [2.05, 4.69) is 0 Å². The second-order valence-corrected chi connectivity index (χ2v) is 4.06. The number of rotatable bonds is 1. The Bertz CT molecular complexity index is 531. The molecule has 0 unspecified atom stereocenters. The number of nitro groups is 1. The maximum Gasteiger partial charge on any atom is 0.264 e. The molecule has 7 heteroatoms. The van der Waals surface area contributed by atoms with Gasteiger partial charge in [-0.15, -0.1) is 0 Å². The molecule has 0 saturated carbocycles. The Morgan fingerprint density at radius 2 is 1.88 bits per heavy atom. The largest absolute Gasteiger partial charge is 0.395 e. The van der Waals surface area contributed by atoms with E-state index in [4.69, 9.17) is 21.5 Å². The monoisotopic (exact) mass is 231 g/mol. The lowest BCUT2D eigenvalue weighted by atomic mass is 9.73. The molecule has 0 saturated heterocycles. The molecule has 0 aromatic heterocycles. The van der Waals surface area contributed by atoms with Crippen LogP contribution < -0.4 is 5.73 Å². The molecule has 17 heavy (non-hydrogen) atoms. The lowest BCUT2D eigenvalue weighted by Gasteiger charge is -2.25. The van der Waals surface area contributed by atoms with Gasteiger partial charge in [0, 0.05) is 11.8 Å². The summed E-state index contributed by atoms with van der Waals surface area (Å²) in [5.41, 5.74) is 1.37. The number of nitrogens with zero attached hydrogens (tertiary/aromatic N) is 4. The zero-order valence-electron chi connectivity index (χ0n) is 9.26. The van der Waals surface area contributed by atoms with Gasteiger partial charge in [-0.25, -0.2) is 0 Å². The molecule has 0 aromatic rings. The first kappa shape index (κ1) is 12.5. The lowest BCUT2D eigenvalue weighted by molar-refractivity contribution is -0.563. The molecule has 1 rings (SSSR count). The minimum Gasteiger partial charge on any atom is -0.395 e. The fraction of sp³-hybridized carbons (Fsp3) is 0.500. The molecule has 86 valence electrons. The summed E-state index contributed by atoms with van der Waals surface area (Å²) in [5.74, 6) is -0.991. The fourth-order valence-electron chi connectivity index (χ4n) is 2.07. The second-order valence-electron chi connectivity index (χ2n) is 4.06. The molecule has 0 aliphatic heterocycles. The minimum atomic E-state index is -1.85. The molecular formula is C10H9N5O2. The van der Waals surface area contributed by atoms with Gasteiger partial charge in [0.05, 0.1) is 29.7 Å². The number of allylic oxidation sites excluding steroid dienone is 1. The quantitative estimate of drug-likeness (QED) is 0.512. The van der Waals surface area contributed by atoms with Gasteiger partial charge >= 0.3 is 0 Å². The molecular weight excluding hydrogens is 222 g/mol. The second kappa shape index (κ2) is 3.47. The van der Waals surface area contributed by atoms with Gasteiger partial charge in [-0.3, -0.25) is 10.1 Å². The number of hydrogen-bond donors (Lipinski definition) is 1. The molecule has 1 aliphatic carbocycles. The van der Waals surface area contributed by atoms with Crippen LogP contribution in [0.25, 0.3) is 0 Å². The summed E-state index contributed by atoms with van der Waals surface area (Å²) in [6, 6.07) is 5.04. The first-order valence-corrected chi connectivity index (χ1v) is 4.70. The van der Waals surface area contributed by atoms with Crippen molar-refractivity contribution in [2.45, 2.75) is 19.4 Å². The van der Waals surface area contributed by atoms with Crippen LogP contribution in [0.3, 0.4) is 0 Å². The van der Waals surface area contributed by atoms with E-state index >= 15 is 0 Å². The highest BCUT2D eigenvalue weighted by Crippen LogP contribution is 2.51. The van der Waals surface area contributed by atoms with Gasteiger partial charge in [-0.1, -0.05) is 6.92 Å². The van der Waals surface area contributed by atoms with E-state index in [1.807, 2.05) is 0 Å². The molecule has 2 atom stereocenters. The summed E-state index contributed by atoms with van der Waals surface area (Å²) in [7, 11) is 0. The van der Waals surface area contributed by atoms with E-state index in [0.717, 1.165) is 0 Å². The van der Waals surface area contributed by atoms with Gasteiger partial charge in [0.25, 0.3) is 5.54 Å². The van der Waals surface area contributed by atoms with E-state index in [1.165, 1.54) is 13.8 Å². The topological polar surface area (TPSA) is 141 Å². The first-order chi connectivity index (χ1) is 7.82. The summed E-state index contributed by atoms with van der Waals surface area (Å²) < 4.78 is 0. The molecule has 0 fully saturated rings. The molecule has 0 bridgehead atoms. The molecule has 0 amide bonds. The lowest BCUT2D eigenvalue weighted by Crippen LogP contribution is -2.46. The average molecular weight is 231 g/mol. The average Bonchev–Trinajstić information content (AvgIpc) is 2.48. The Kier molecular flexibility index (Phi) is 2.54. The predicted molar refractivity (Wildman–Crippen MR) is 55.0 cm³/mol. The van der Waals surface area contributed by atoms with Crippen molar-refractivity contribution in [1.29, 1.82) is 15.8 Å². The SMILES string of the molecule is C[C@@H]1C(C#N)(C#N)C(C#N)=C(N)[C@]1(C)[N+](=O)[O-]. The van der Waals surface area contributed by atoms with Crippen molar-refractivity contribution >= 4 is 0 Å². The van der Waals surface area contributed by atoms with Crippen LogP contribution in [0.5, 0.6) is 0 Å². The molecule has 1 aliphatic rings. The van der Waals surface area contributed by atoms with Crippen molar-refractivity contribution in [3.05, 3.63) is 21.4 Å². The van der Waals surface area contributed by atoms with E-state index < -0.39 is 21.8 Å². The number of nitriles is 3. The summed E-state index contributed by atoms with van der Waals surface area (Å²) in [4.78, 5) is 10.4. The number of nitrogens with two attached hydrogens (primary N) is 1. The van der Waals surface area contributed by atoms with Crippen molar-refractivity contribution in [3.63, 3.8) is 0 Å². The van der Waals surface area contributed by atoms with Gasteiger partial charge < -0.3 is 5.73 Å². The zero-order chi connectivity index (χ0) is 13.4. The van der Waals surface area contributed by atoms with Crippen molar-refractivity contribution in [2.24, 2.45) is 17.1 Å². The third-order valence-corrected chi connectivity index (χ3v) is 3.55. The van der Waals surface area contributed by atoms with Crippen LogP contribution in [-0.4, -0.2) is 10.5 Å². The Balaban J connectivity index is 3.70. The van der Waals surface area contributed by atoms with Crippen LogP contribution in [0.4, 0.5) is 0 Å². The Hall–Kier alpha value is -2.59. The molecule has 0 spiro atoms. The van der Waals surface area contributed by atoms with Crippen molar-refractivity contribution in [1.82, 2.24) is 0 Å². The molecule has 2 N–H and O–H groups in total. The van der Waals surface area contributed by atoms with E-state index in [-0.39, 0.29) is 11.3 Å². The molecule has 0 aromatic carbocycles. The third kappa shape index (κ3) is 1.12. The summed E-state index contributed by atoms with van der Waals surface area (Å²) in [6.45, 7) is 2.60. The summed E-state index contributed by atoms with van der Waals surface area (Å²) >= 11 is 0. The van der Waals surface area contributed by atoms with Crippen molar-refractivity contribution in [3.8, 4) is 18.2 Å². The van der Waals surface area contributed by atoms with Gasteiger partial charge in [0.15, 0.2) is 5.41 Å². The maximum atomic E-state index is 11.1. The molecule has 7 nitrogen and oxygen atoms in total. The third-order valence-electron chi connectivity index (χ3n) is 3.55. The van der Waals surface area contributed by atoms with Gasteiger partial charge in [0.2, 0.25) is 0 Å². The first-order valence-electron chi connectivity index (χ1n) is 4.70.